The fourth-order valence-corrected chi connectivity index (χ4v) is 1.45. The number of aromatic nitrogens is 1. The molecular weight excluding hydrogens is 247 g/mol. The molecule has 2 N–H and O–H groups in total. The van der Waals surface area contributed by atoms with Crippen molar-refractivity contribution in [2.24, 2.45) is 5.73 Å². The Morgan fingerprint density at radius 1 is 1.44 bits per heavy atom. The average Bonchev–Trinajstić information content (AvgIpc) is 2.26. The molecule has 1 heterocycles. The van der Waals surface area contributed by atoms with Gasteiger partial charge in [-0.1, -0.05) is 6.07 Å². The van der Waals surface area contributed by atoms with Gasteiger partial charge in [0.05, 0.1) is 0 Å². The van der Waals surface area contributed by atoms with Gasteiger partial charge < -0.3 is 10.6 Å². The number of carbonyl (C=O) groups excluding carboxylic acids is 1. The lowest BCUT2D eigenvalue weighted by atomic mass is 10.2. The zero-order valence-electron chi connectivity index (χ0n) is 9.87. The molecule has 1 aromatic rings. The first kappa shape index (κ1) is 14.4. The average molecular weight is 261 g/mol. The SMILES string of the molecule is Cc1cccc(C(=O)N(CCN)CC(F)(F)F)n1. The van der Waals surface area contributed by atoms with Crippen molar-refractivity contribution in [3.63, 3.8) is 0 Å². The number of aryl methyl sites for hydroxylation is 1. The van der Waals surface area contributed by atoms with E-state index in [1.807, 2.05) is 0 Å². The van der Waals surface area contributed by atoms with Crippen LogP contribution in [0, 0.1) is 6.92 Å². The van der Waals surface area contributed by atoms with E-state index >= 15 is 0 Å². The first-order valence-electron chi connectivity index (χ1n) is 5.33. The molecular formula is C11H14F3N3O. The van der Waals surface area contributed by atoms with Crippen LogP contribution in [0.4, 0.5) is 13.2 Å². The van der Waals surface area contributed by atoms with E-state index in [4.69, 9.17) is 5.73 Å². The number of hydrogen-bond acceptors (Lipinski definition) is 3. The first-order chi connectivity index (χ1) is 8.33. The van der Waals surface area contributed by atoms with Crippen molar-refractivity contribution < 1.29 is 18.0 Å². The highest BCUT2D eigenvalue weighted by molar-refractivity contribution is 5.92. The summed E-state index contributed by atoms with van der Waals surface area (Å²) in [6.07, 6.45) is -4.45. The van der Waals surface area contributed by atoms with Gasteiger partial charge in [-0.05, 0) is 19.1 Å². The molecule has 0 atom stereocenters. The number of hydrogen-bond donors (Lipinski definition) is 1. The molecule has 0 fully saturated rings. The van der Waals surface area contributed by atoms with Gasteiger partial charge in [-0.3, -0.25) is 4.79 Å². The highest BCUT2D eigenvalue weighted by Crippen LogP contribution is 2.17. The summed E-state index contributed by atoms with van der Waals surface area (Å²) in [4.78, 5) is 16.4. The molecule has 0 bridgehead atoms. The summed E-state index contributed by atoms with van der Waals surface area (Å²) in [6, 6.07) is 4.62. The summed E-state index contributed by atoms with van der Waals surface area (Å²) in [6.45, 7) is 0.147. The van der Waals surface area contributed by atoms with Gasteiger partial charge in [-0.15, -0.1) is 0 Å². The first-order valence-corrected chi connectivity index (χ1v) is 5.33. The van der Waals surface area contributed by atoms with Gasteiger partial charge in [-0.2, -0.15) is 13.2 Å². The minimum atomic E-state index is -4.45. The summed E-state index contributed by atoms with van der Waals surface area (Å²) in [5, 5.41) is 0. The van der Waals surface area contributed by atoms with Crippen molar-refractivity contribution in [3.8, 4) is 0 Å². The fourth-order valence-electron chi connectivity index (χ4n) is 1.45. The molecule has 1 amide bonds. The predicted octanol–water partition coefficient (Wildman–Crippen LogP) is 1.35. The summed E-state index contributed by atoms with van der Waals surface area (Å²) >= 11 is 0. The van der Waals surface area contributed by atoms with Gasteiger partial charge in [0.2, 0.25) is 0 Å². The predicted molar refractivity (Wildman–Crippen MR) is 60.0 cm³/mol. The number of amides is 1. The van der Waals surface area contributed by atoms with Crippen molar-refractivity contribution in [1.29, 1.82) is 0 Å². The molecule has 0 aromatic carbocycles. The Kier molecular flexibility index (Phi) is 4.66. The second-order valence-electron chi connectivity index (χ2n) is 3.79. The van der Waals surface area contributed by atoms with Gasteiger partial charge in [0.15, 0.2) is 0 Å². The maximum atomic E-state index is 12.3. The smallest absolute Gasteiger partial charge is 0.329 e. The molecule has 18 heavy (non-hydrogen) atoms. The standard InChI is InChI=1S/C11H14F3N3O/c1-8-3-2-4-9(16-8)10(18)17(6-5-15)7-11(12,13)14/h2-4H,5-7,15H2,1H3. The molecule has 0 radical (unpaired) electrons. The molecule has 100 valence electrons. The van der Waals surface area contributed by atoms with E-state index in [2.05, 4.69) is 4.98 Å². The van der Waals surface area contributed by atoms with Crippen molar-refractivity contribution in [2.75, 3.05) is 19.6 Å². The molecule has 1 rings (SSSR count). The maximum Gasteiger partial charge on any atom is 0.406 e. The van der Waals surface area contributed by atoms with Gasteiger partial charge in [-0.25, -0.2) is 4.98 Å². The van der Waals surface area contributed by atoms with Crippen LogP contribution in [0.15, 0.2) is 18.2 Å². The third kappa shape index (κ3) is 4.33. The van der Waals surface area contributed by atoms with Crippen LogP contribution in [-0.4, -0.2) is 41.6 Å². The Balaban J connectivity index is 2.89. The second kappa shape index (κ2) is 5.81. The number of nitrogens with zero attached hydrogens (tertiary/aromatic N) is 2. The van der Waals surface area contributed by atoms with Crippen LogP contribution in [0.25, 0.3) is 0 Å². The van der Waals surface area contributed by atoms with Crippen LogP contribution >= 0.6 is 0 Å². The topological polar surface area (TPSA) is 59.2 Å². The molecule has 0 unspecified atom stereocenters. The van der Waals surface area contributed by atoms with E-state index in [-0.39, 0.29) is 18.8 Å². The number of alkyl halides is 3. The lowest BCUT2D eigenvalue weighted by molar-refractivity contribution is -0.140. The lowest BCUT2D eigenvalue weighted by Gasteiger charge is -2.22. The highest BCUT2D eigenvalue weighted by Gasteiger charge is 2.33. The normalized spacial score (nSPS) is 11.4. The van der Waals surface area contributed by atoms with Gasteiger partial charge in [0.25, 0.3) is 5.91 Å². The van der Waals surface area contributed by atoms with Gasteiger partial charge in [0, 0.05) is 18.8 Å². The monoisotopic (exact) mass is 261 g/mol. The summed E-state index contributed by atoms with van der Waals surface area (Å²) in [5.74, 6) is -0.763. The Bertz CT molecular complexity index is 420. The minimum absolute atomic E-state index is 0.00676. The molecule has 1 aromatic heterocycles. The van der Waals surface area contributed by atoms with E-state index in [1.54, 1.807) is 19.1 Å². The quantitative estimate of drug-likeness (QED) is 0.890. The molecule has 0 aliphatic carbocycles. The fraction of sp³-hybridized carbons (Fsp3) is 0.455. The van der Waals surface area contributed by atoms with Crippen LogP contribution in [0.1, 0.15) is 16.2 Å². The van der Waals surface area contributed by atoms with E-state index in [9.17, 15) is 18.0 Å². The van der Waals surface area contributed by atoms with Crippen molar-refractivity contribution in [1.82, 2.24) is 9.88 Å². The van der Waals surface area contributed by atoms with Crippen molar-refractivity contribution in [2.45, 2.75) is 13.1 Å². The minimum Gasteiger partial charge on any atom is -0.329 e. The Morgan fingerprint density at radius 3 is 2.61 bits per heavy atom. The third-order valence-corrected chi connectivity index (χ3v) is 2.16. The Labute approximate surface area is 103 Å². The number of rotatable bonds is 4. The van der Waals surface area contributed by atoms with E-state index in [0.717, 1.165) is 0 Å². The van der Waals surface area contributed by atoms with E-state index < -0.39 is 18.6 Å². The zero-order chi connectivity index (χ0) is 13.8. The molecule has 0 spiro atoms. The van der Waals surface area contributed by atoms with Crippen LogP contribution in [0.5, 0.6) is 0 Å². The molecule has 4 nitrogen and oxygen atoms in total. The molecule has 0 aliphatic rings. The molecule has 7 heteroatoms. The van der Waals surface area contributed by atoms with Crippen molar-refractivity contribution >= 4 is 5.91 Å². The van der Waals surface area contributed by atoms with Crippen LogP contribution in [0.3, 0.4) is 0 Å². The largest absolute Gasteiger partial charge is 0.406 e. The van der Waals surface area contributed by atoms with Gasteiger partial charge >= 0.3 is 6.18 Å². The zero-order valence-corrected chi connectivity index (χ0v) is 9.87. The summed E-state index contributed by atoms with van der Waals surface area (Å²) in [7, 11) is 0. The lowest BCUT2D eigenvalue weighted by Crippen LogP contribution is -2.42. The number of pyridine rings is 1. The number of halogens is 3. The van der Waals surface area contributed by atoms with E-state index in [1.165, 1.54) is 6.07 Å². The van der Waals surface area contributed by atoms with Gasteiger partial charge in [0.1, 0.15) is 12.2 Å². The van der Waals surface area contributed by atoms with E-state index in [0.29, 0.717) is 10.6 Å². The molecule has 0 aliphatic heterocycles. The van der Waals surface area contributed by atoms with Crippen molar-refractivity contribution in [3.05, 3.63) is 29.6 Å². The molecule has 0 saturated carbocycles. The molecule has 0 saturated heterocycles. The maximum absolute atomic E-state index is 12.3. The summed E-state index contributed by atoms with van der Waals surface area (Å²) < 4.78 is 37.0. The van der Waals surface area contributed by atoms with Crippen LogP contribution in [-0.2, 0) is 0 Å². The summed E-state index contributed by atoms with van der Waals surface area (Å²) in [5.41, 5.74) is 5.78. The Morgan fingerprint density at radius 2 is 2.11 bits per heavy atom. The number of nitrogens with two attached hydrogens (primary N) is 1. The van der Waals surface area contributed by atoms with Crippen LogP contribution in [0.2, 0.25) is 0 Å². The number of carbonyl (C=O) groups is 1. The second-order valence-corrected chi connectivity index (χ2v) is 3.79. The van der Waals surface area contributed by atoms with Crippen LogP contribution < -0.4 is 5.73 Å². The Hall–Kier alpha value is -1.63. The highest BCUT2D eigenvalue weighted by atomic mass is 19.4. The third-order valence-electron chi connectivity index (χ3n) is 2.16.